The molecular formula is C31H37N7O5. The first kappa shape index (κ1) is 29.9. The van der Waals surface area contributed by atoms with Gasteiger partial charge in [0.25, 0.3) is 5.91 Å². The summed E-state index contributed by atoms with van der Waals surface area (Å²) in [5, 5.41) is 7.83. The van der Waals surface area contributed by atoms with Crippen LogP contribution in [0.25, 0.3) is 0 Å². The van der Waals surface area contributed by atoms with E-state index in [2.05, 4.69) is 15.4 Å². The fourth-order valence-corrected chi connectivity index (χ4v) is 5.74. The van der Waals surface area contributed by atoms with Gasteiger partial charge in [0.05, 0.1) is 25.3 Å². The molecule has 0 saturated carbocycles. The summed E-state index contributed by atoms with van der Waals surface area (Å²) >= 11 is 0. The molecule has 1 aromatic carbocycles. The Morgan fingerprint density at radius 2 is 1.81 bits per heavy atom. The van der Waals surface area contributed by atoms with E-state index in [1.165, 1.54) is 25.4 Å². The number of pyridine rings is 1. The van der Waals surface area contributed by atoms with E-state index in [9.17, 15) is 19.2 Å². The van der Waals surface area contributed by atoms with Crippen LogP contribution in [0.3, 0.4) is 0 Å². The first-order valence-corrected chi connectivity index (χ1v) is 14.7. The number of aryl methyl sites for hydroxylation is 1. The quantitative estimate of drug-likeness (QED) is 0.460. The van der Waals surface area contributed by atoms with Crippen molar-refractivity contribution in [1.29, 1.82) is 0 Å². The maximum absolute atomic E-state index is 13.7. The molecule has 0 aliphatic carbocycles. The van der Waals surface area contributed by atoms with Crippen molar-refractivity contribution in [3.8, 4) is 0 Å². The molecule has 2 aromatic heterocycles. The number of hydrogen-bond acceptors (Lipinski definition) is 8. The van der Waals surface area contributed by atoms with Crippen molar-refractivity contribution in [3.63, 3.8) is 0 Å². The molecule has 1 N–H and O–H groups in total. The molecule has 226 valence electrons. The van der Waals surface area contributed by atoms with Crippen molar-refractivity contribution in [3.05, 3.63) is 77.1 Å². The van der Waals surface area contributed by atoms with Crippen LogP contribution in [-0.2, 0) is 27.3 Å². The van der Waals surface area contributed by atoms with Crippen molar-refractivity contribution in [2.45, 2.75) is 64.1 Å². The number of methoxy groups -OCH3 is 1. The van der Waals surface area contributed by atoms with Crippen molar-refractivity contribution < 1.29 is 23.9 Å². The van der Waals surface area contributed by atoms with Gasteiger partial charge in [-0.05, 0) is 56.7 Å². The fraction of sp³-hybridized carbons (Fsp3) is 0.452. The van der Waals surface area contributed by atoms with Crippen molar-refractivity contribution in [1.82, 2.24) is 34.9 Å². The Hall–Kier alpha value is -4.61. The molecule has 43 heavy (non-hydrogen) atoms. The molecular weight excluding hydrogens is 550 g/mol. The maximum atomic E-state index is 13.7. The molecule has 1 saturated heterocycles. The van der Waals surface area contributed by atoms with Crippen LogP contribution in [0.15, 0.2) is 48.7 Å². The van der Waals surface area contributed by atoms with E-state index in [0.29, 0.717) is 50.5 Å². The summed E-state index contributed by atoms with van der Waals surface area (Å²) in [5.74, 6) is 0.0114. The number of ether oxygens (including phenoxy) is 1. The molecule has 4 heterocycles. The normalized spacial score (nSPS) is 20.0. The number of fused-ring (bicyclic) bond motifs is 2. The Balaban J connectivity index is 1.47. The van der Waals surface area contributed by atoms with Crippen LogP contribution >= 0.6 is 0 Å². The van der Waals surface area contributed by atoms with E-state index in [1.54, 1.807) is 21.4 Å². The van der Waals surface area contributed by atoms with Crippen molar-refractivity contribution in [2.75, 3.05) is 26.7 Å². The Kier molecular flexibility index (Phi) is 9.43. The second kappa shape index (κ2) is 13.6. The van der Waals surface area contributed by atoms with Crippen LogP contribution in [0.5, 0.6) is 0 Å². The average Bonchev–Trinajstić information content (AvgIpc) is 3.41. The molecule has 5 rings (SSSR count). The monoisotopic (exact) mass is 587 g/mol. The molecule has 2 aliphatic heterocycles. The molecule has 12 nitrogen and oxygen atoms in total. The lowest BCUT2D eigenvalue weighted by Gasteiger charge is -2.36. The highest BCUT2D eigenvalue weighted by Gasteiger charge is 2.34. The molecule has 3 aromatic rings. The minimum absolute atomic E-state index is 0.0940. The summed E-state index contributed by atoms with van der Waals surface area (Å²) in [6.07, 6.45) is 4.75. The molecule has 2 aliphatic rings. The van der Waals surface area contributed by atoms with Gasteiger partial charge in [0, 0.05) is 32.3 Å². The number of carbonyl (C=O) groups excluding carboxylic acids is 4. The lowest BCUT2D eigenvalue weighted by molar-refractivity contribution is -0.142. The summed E-state index contributed by atoms with van der Waals surface area (Å²) in [4.78, 5) is 64.8. The van der Waals surface area contributed by atoms with E-state index in [0.717, 1.165) is 18.4 Å². The zero-order chi connectivity index (χ0) is 30.3. The standard InChI is InChI=1S/C31H37N7O5/c1-21-33-28-25(19-22-9-4-3-5-10-22)34-29(40)26-11-6-7-16-37(26)27(39)12-8-15-36(17-18-38(28)35-21)30(41)24-14-13-23(20-32-24)31(42)43-2/h3-5,9-10,13-14,20,25-26H,6-8,11-12,15-19H2,1-2H3,(H,34,40)/t25-,26+/m1/s1. The number of hydrogen-bond donors (Lipinski definition) is 1. The zero-order valence-corrected chi connectivity index (χ0v) is 24.6. The van der Waals surface area contributed by atoms with Gasteiger partial charge in [-0.1, -0.05) is 30.3 Å². The molecule has 0 unspecified atom stereocenters. The van der Waals surface area contributed by atoms with Gasteiger partial charge in [-0.2, -0.15) is 5.10 Å². The number of nitrogens with zero attached hydrogens (tertiary/aromatic N) is 6. The van der Waals surface area contributed by atoms with Crippen molar-refractivity contribution in [2.24, 2.45) is 0 Å². The summed E-state index contributed by atoms with van der Waals surface area (Å²) in [7, 11) is 1.28. The van der Waals surface area contributed by atoms with Crippen LogP contribution in [0.2, 0.25) is 0 Å². The van der Waals surface area contributed by atoms with E-state index in [4.69, 9.17) is 9.72 Å². The number of carbonyl (C=O) groups is 4. The van der Waals surface area contributed by atoms with Crippen molar-refractivity contribution >= 4 is 23.7 Å². The topological polar surface area (TPSA) is 140 Å². The SMILES string of the molecule is COC(=O)c1ccc(C(=O)N2CCCC(=O)N3CCCC[C@H]3C(=O)N[C@H](Cc3ccccc3)c3nc(C)nn3CC2)nc1. The van der Waals surface area contributed by atoms with Gasteiger partial charge in [-0.3, -0.25) is 19.4 Å². The molecule has 12 heteroatoms. The molecule has 0 radical (unpaired) electrons. The first-order valence-electron chi connectivity index (χ1n) is 14.7. The first-order chi connectivity index (χ1) is 20.8. The maximum Gasteiger partial charge on any atom is 0.339 e. The molecule has 0 bridgehead atoms. The highest BCUT2D eigenvalue weighted by atomic mass is 16.5. The number of esters is 1. The molecule has 0 spiro atoms. The number of rotatable bonds is 4. The van der Waals surface area contributed by atoms with Gasteiger partial charge in [-0.15, -0.1) is 0 Å². The lowest BCUT2D eigenvalue weighted by Crippen LogP contribution is -2.53. The van der Waals surface area contributed by atoms with Gasteiger partial charge in [0.15, 0.2) is 0 Å². The van der Waals surface area contributed by atoms with E-state index in [-0.39, 0.29) is 41.9 Å². The highest BCUT2D eigenvalue weighted by Crippen LogP contribution is 2.23. The second-order valence-corrected chi connectivity index (χ2v) is 10.9. The smallest absolute Gasteiger partial charge is 0.339 e. The van der Waals surface area contributed by atoms with E-state index in [1.807, 2.05) is 30.3 Å². The Labute approximate surface area is 250 Å². The van der Waals surface area contributed by atoms with E-state index < -0.39 is 18.1 Å². The zero-order valence-electron chi connectivity index (χ0n) is 24.6. The van der Waals surface area contributed by atoms with Crippen LogP contribution < -0.4 is 5.32 Å². The minimum Gasteiger partial charge on any atom is -0.465 e. The van der Waals surface area contributed by atoms with Gasteiger partial charge >= 0.3 is 5.97 Å². The van der Waals surface area contributed by atoms with Gasteiger partial charge in [-0.25, -0.2) is 14.5 Å². The summed E-state index contributed by atoms with van der Waals surface area (Å²) in [5.41, 5.74) is 1.45. The average molecular weight is 588 g/mol. The fourth-order valence-electron chi connectivity index (χ4n) is 5.74. The Bertz CT molecular complexity index is 1460. The second-order valence-electron chi connectivity index (χ2n) is 10.9. The molecule has 3 amide bonds. The third-order valence-electron chi connectivity index (χ3n) is 7.93. The Morgan fingerprint density at radius 3 is 2.56 bits per heavy atom. The predicted octanol–water partition coefficient (Wildman–Crippen LogP) is 2.49. The molecule has 1 fully saturated rings. The highest BCUT2D eigenvalue weighted by molar-refractivity contribution is 5.94. The predicted molar refractivity (Wildman–Crippen MR) is 156 cm³/mol. The van der Waals surface area contributed by atoms with Crippen LogP contribution in [0, 0.1) is 6.92 Å². The van der Waals surface area contributed by atoms with E-state index >= 15 is 0 Å². The number of nitrogens with one attached hydrogen (secondary N) is 1. The number of amides is 3. The Morgan fingerprint density at radius 1 is 1.00 bits per heavy atom. The third kappa shape index (κ3) is 7.07. The summed E-state index contributed by atoms with van der Waals surface area (Å²) < 4.78 is 6.49. The van der Waals surface area contributed by atoms with Gasteiger partial charge in [0.2, 0.25) is 11.8 Å². The summed E-state index contributed by atoms with van der Waals surface area (Å²) in [6, 6.07) is 11.8. The minimum atomic E-state index is -0.560. The van der Waals surface area contributed by atoms with Crippen LogP contribution in [0.4, 0.5) is 0 Å². The number of aromatic nitrogens is 4. The third-order valence-corrected chi connectivity index (χ3v) is 7.93. The number of benzene rings is 1. The van der Waals surface area contributed by atoms with Crippen LogP contribution in [-0.4, -0.2) is 86.0 Å². The number of piperidine rings is 1. The summed E-state index contributed by atoms with van der Waals surface area (Å²) in [6.45, 7) is 3.24. The van der Waals surface area contributed by atoms with Gasteiger partial charge < -0.3 is 19.9 Å². The van der Waals surface area contributed by atoms with Crippen LogP contribution in [0.1, 0.15) is 76.2 Å². The largest absolute Gasteiger partial charge is 0.465 e. The molecule has 2 atom stereocenters. The van der Waals surface area contributed by atoms with Gasteiger partial charge in [0.1, 0.15) is 23.4 Å². The lowest BCUT2D eigenvalue weighted by atomic mass is 9.99.